The largest absolute Gasteiger partial charge is 0.497 e. The van der Waals surface area contributed by atoms with E-state index >= 15 is 0 Å². The highest BCUT2D eigenvalue weighted by Crippen LogP contribution is 2.22. The van der Waals surface area contributed by atoms with Crippen molar-refractivity contribution >= 4 is 46.4 Å². The first-order valence-corrected chi connectivity index (χ1v) is 9.07. The highest BCUT2D eigenvalue weighted by Gasteiger charge is 2.24. The fraction of sp³-hybridized carbons (Fsp3) is 0.263. The molecule has 0 saturated heterocycles. The summed E-state index contributed by atoms with van der Waals surface area (Å²) >= 11 is 11.9. The summed E-state index contributed by atoms with van der Waals surface area (Å²) in [6.07, 6.45) is 0. The molecule has 0 saturated carbocycles. The molecule has 144 valence electrons. The maximum absolute atomic E-state index is 12.4. The van der Waals surface area contributed by atoms with E-state index in [1.807, 2.05) is 0 Å². The molecule has 2 atom stereocenters. The van der Waals surface area contributed by atoms with Gasteiger partial charge in [0.2, 0.25) is 0 Å². The topological polar surface area (TPSA) is 71.9 Å². The zero-order valence-electron chi connectivity index (χ0n) is 15.3. The minimum atomic E-state index is -0.454. The minimum absolute atomic E-state index is 0.136. The van der Waals surface area contributed by atoms with Crippen molar-refractivity contribution in [2.75, 3.05) is 31.3 Å². The maximum atomic E-state index is 12.4. The van der Waals surface area contributed by atoms with Crippen LogP contribution in [0, 0.1) is 0 Å². The van der Waals surface area contributed by atoms with Gasteiger partial charge in [-0.05, 0) is 49.4 Å². The number of ether oxygens (including phenoxy) is 1. The number of hydrogen-bond donors (Lipinski definition) is 3. The molecule has 1 unspecified atom stereocenters. The number of carbonyl (C=O) groups is 2. The van der Waals surface area contributed by atoms with Gasteiger partial charge in [0.1, 0.15) is 5.75 Å². The van der Waals surface area contributed by atoms with Crippen molar-refractivity contribution in [3.05, 3.63) is 52.5 Å². The molecule has 2 rings (SSSR count). The van der Waals surface area contributed by atoms with Crippen LogP contribution in [-0.2, 0) is 9.59 Å². The van der Waals surface area contributed by atoms with E-state index in [4.69, 9.17) is 27.9 Å². The van der Waals surface area contributed by atoms with E-state index in [0.717, 1.165) is 4.90 Å². The van der Waals surface area contributed by atoms with E-state index in [1.54, 1.807) is 63.5 Å². The number of likely N-dealkylation sites (N-methyl/N-ethyl adjacent to an activating group) is 1. The summed E-state index contributed by atoms with van der Waals surface area (Å²) in [5.41, 5.74) is 1.18. The molecule has 8 heteroatoms. The normalized spacial score (nSPS) is 12.8. The van der Waals surface area contributed by atoms with Gasteiger partial charge in [-0.2, -0.15) is 0 Å². The molecular weight excluding hydrogens is 389 g/mol. The van der Waals surface area contributed by atoms with Crippen LogP contribution in [0.4, 0.5) is 11.4 Å². The van der Waals surface area contributed by atoms with Crippen LogP contribution in [0.1, 0.15) is 6.92 Å². The van der Waals surface area contributed by atoms with E-state index in [0.29, 0.717) is 27.2 Å². The summed E-state index contributed by atoms with van der Waals surface area (Å²) in [5, 5.41) is 6.44. The first kappa shape index (κ1) is 21.0. The number of carbonyl (C=O) groups excluding carboxylic acids is 2. The van der Waals surface area contributed by atoms with Crippen molar-refractivity contribution in [1.82, 2.24) is 0 Å². The maximum Gasteiger partial charge on any atom is 0.282 e. The molecule has 27 heavy (non-hydrogen) atoms. The average Bonchev–Trinajstić information content (AvgIpc) is 2.60. The molecule has 3 N–H and O–H groups in total. The summed E-state index contributed by atoms with van der Waals surface area (Å²) < 4.78 is 5.08. The van der Waals surface area contributed by atoms with Gasteiger partial charge < -0.3 is 20.3 Å². The fourth-order valence-electron chi connectivity index (χ4n) is 2.39. The van der Waals surface area contributed by atoms with Crippen molar-refractivity contribution in [3.8, 4) is 5.75 Å². The van der Waals surface area contributed by atoms with Gasteiger partial charge >= 0.3 is 0 Å². The van der Waals surface area contributed by atoms with Crippen LogP contribution in [0.2, 0.25) is 10.0 Å². The van der Waals surface area contributed by atoms with Crippen LogP contribution >= 0.6 is 23.2 Å². The van der Waals surface area contributed by atoms with Gasteiger partial charge in [-0.15, -0.1) is 0 Å². The number of rotatable bonds is 7. The second-order valence-electron chi connectivity index (χ2n) is 6.17. The lowest BCUT2D eigenvalue weighted by Gasteiger charge is -2.20. The average molecular weight is 411 g/mol. The van der Waals surface area contributed by atoms with E-state index in [9.17, 15) is 9.59 Å². The predicted molar refractivity (Wildman–Crippen MR) is 108 cm³/mol. The number of benzene rings is 2. The summed E-state index contributed by atoms with van der Waals surface area (Å²) in [4.78, 5) is 25.4. The number of nitrogens with one attached hydrogen (secondary N) is 3. The standard InChI is InChI=1S/C19H21Cl2N3O3/c1-12(19(26)23-16-9-13(20)8-14(21)10-16)24(2)11-18(25)22-15-4-6-17(27-3)7-5-15/h4-10,12H,11H2,1-3H3,(H,22,25)(H,23,26)/p+1/t12-/m0/s1. The molecule has 0 aliphatic rings. The van der Waals surface area contributed by atoms with E-state index in [2.05, 4.69) is 10.6 Å². The molecule has 0 fully saturated rings. The van der Waals surface area contributed by atoms with Gasteiger partial charge in [-0.1, -0.05) is 23.2 Å². The van der Waals surface area contributed by atoms with Crippen molar-refractivity contribution < 1.29 is 19.2 Å². The van der Waals surface area contributed by atoms with E-state index in [1.165, 1.54) is 0 Å². The van der Waals surface area contributed by atoms with Gasteiger partial charge in [0, 0.05) is 21.4 Å². The van der Waals surface area contributed by atoms with E-state index < -0.39 is 6.04 Å². The molecule has 0 radical (unpaired) electrons. The molecule has 0 bridgehead atoms. The molecule has 0 aliphatic carbocycles. The van der Waals surface area contributed by atoms with Crippen molar-refractivity contribution in [1.29, 1.82) is 0 Å². The number of anilines is 2. The smallest absolute Gasteiger partial charge is 0.282 e. The minimum Gasteiger partial charge on any atom is -0.497 e. The number of methoxy groups -OCH3 is 1. The molecule has 0 aliphatic heterocycles. The van der Waals surface area contributed by atoms with Gasteiger partial charge in [0.15, 0.2) is 12.6 Å². The first-order chi connectivity index (χ1) is 12.8. The predicted octanol–water partition coefficient (Wildman–Crippen LogP) is 2.48. The molecule has 0 heterocycles. The molecular formula is C19H22Cl2N3O3+. The summed E-state index contributed by atoms with van der Waals surface area (Å²) in [7, 11) is 3.36. The molecule has 0 aromatic heterocycles. The SMILES string of the molecule is COc1ccc(NC(=O)C[NH+](C)[C@@H](C)C(=O)Nc2cc(Cl)cc(Cl)c2)cc1. The Hall–Kier alpha value is -2.28. The monoisotopic (exact) mass is 410 g/mol. The number of halogens is 2. The highest BCUT2D eigenvalue weighted by atomic mass is 35.5. The molecule has 0 spiro atoms. The second kappa shape index (κ2) is 9.60. The van der Waals surface area contributed by atoms with Crippen LogP contribution in [-0.4, -0.2) is 38.6 Å². The number of quaternary nitrogens is 1. The Labute approximate surface area is 168 Å². The van der Waals surface area contributed by atoms with Crippen LogP contribution in [0.5, 0.6) is 5.75 Å². The Morgan fingerprint density at radius 1 is 1.04 bits per heavy atom. The number of hydrogen-bond acceptors (Lipinski definition) is 3. The van der Waals surface area contributed by atoms with E-state index in [-0.39, 0.29) is 18.4 Å². The van der Waals surface area contributed by atoms with Crippen LogP contribution < -0.4 is 20.3 Å². The third kappa shape index (κ3) is 6.43. The number of amides is 2. The first-order valence-electron chi connectivity index (χ1n) is 8.31. The third-order valence-corrected chi connectivity index (χ3v) is 4.51. The third-order valence-electron chi connectivity index (χ3n) is 4.08. The Bertz CT molecular complexity index is 792. The summed E-state index contributed by atoms with van der Waals surface area (Å²) in [6.45, 7) is 1.88. The summed E-state index contributed by atoms with van der Waals surface area (Å²) in [6, 6.07) is 11.4. The zero-order chi connectivity index (χ0) is 20.0. The molecule has 2 aromatic carbocycles. The Balaban J connectivity index is 1.90. The zero-order valence-corrected chi connectivity index (χ0v) is 16.8. The van der Waals surface area contributed by atoms with Crippen molar-refractivity contribution in [2.24, 2.45) is 0 Å². The van der Waals surface area contributed by atoms with Gasteiger partial charge in [-0.3, -0.25) is 9.59 Å². The molecule has 2 aromatic rings. The quantitative estimate of drug-likeness (QED) is 0.656. The lowest BCUT2D eigenvalue weighted by Crippen LogP contribution is -3.14. The lowest BCUT2D eigenvalue weighted by molar-refractivity contribution is -0.885. The molecule has 6 nitrogen and oxygen atoms in total. The van der Waals surface area contributed by atoms with Crippen molar-refractivity contribution in [2.45, 2.75) is 13.0 Å². The van der Waals surface area contributed by atoms with Crippen LogP contribution in [0.25, 0.3) is 0 Å². The lowest BCUT2D eigenvalue weighted by atomic mass is 10.2. The highest BCUT2D eigenvalue weighted by molar-refractivity contribution is 6.35. The van der Waals surface area contributed by atoms with Gasteiger partial charge in [-0.25, -0.2) is 0 Å². The Kier molecular flexibility index (Phi) is 7.47. The van der Waals surface area contributed by atoms with Gasteiger partial charge in [0.05, 0.1) is 14.2 Å². The summed E-state index contributed by atoms with van der Waals surface area (Å²) in [5.74, 6) is 0.286. The van der Waals surface area contributed by atoms with Crippen LogP contribution in [0.15, 0.2) is 42.5 Å². The van der Waals surface area contributed by atoms with Gasteiger partial charge in [0.25, 0.3) is 11.8 Å². The van der Waals surface area contributed by atoms with Crippen LogP contribution in [0.3, 0.4) is 0 Å². The second-order valence-corrected chi connectivity index (χ2v) is 7.04. The van der Waals surface area contributed by atoms with Crippen molar-refractivity contribution in [3.63, 3.8) is 0 Å². The molecule has 2 amide bonds. The Morgan fingerprint density at radius 3 is 2.19 bits per heavy atom. The Morgan fingerprint density at radius 2 is 1.63 bits per heavy atom. The fourth-order valence-corrected chi connectivity index (χ4v) is 2.91.